The molecule has 3 nitrogen and oxygen atoms in total. The summed E-state index contributed by atoms with van der Waals surface area (Å²) in [4.78, 5) is 11.9. The van der Waals surface area contributed by atoms with Gasteiger partial charge in [0.05, 0.1) is 0 Å². The zero-order chi connectivity index (χ0) is 13.7. The highest BCUT2D eigenvalue weighted by Gasteiger charge is 2.15. The molecule has 0 atom stereocenters. The molecule has 1 aliphatic rings. The summed E-state index contributed by atoms with van der Waals surface area (Å²) in [5, 5.41) is 7.59. The largest absolute Gasteiger partial charge is 0.353 e. The minimum Gasteiger partial charge on any atom is -0.353 e. The molecule has 0 radical (unpaired) electrons. The van der Waals surface area contributed by atoms with Crippen molar-refractivity contribution in [3.05, 3.63) is 33.8 Å². The lowest BCUT2D eigenvalue weighted by Gasteiger charge is -2.23. The Balaban J connectivity index is 1.79. The Kier molecular flexibility index (Phi) is 5.49. The van der Waals surface area contributed by atoms with Gasteiger partial charge in [-0.2, -0.15) is 0 Å². The maximum atomic E-state index is 11.9. The molecule has 1 saturated heterocycles. The summed E-state index contributed by atoms with van der Waals surface area (Å²) in [7, 11) is 0. The predicted molar refractivity (Wildman–Crippen MR) is 78.8 cm³/mol. The lowest BCUT2D eigenvalue weighted by atomic mass is 10.1. The maximum Gasteiger partial charge on any atom is 0.220 e. The molecule has 0 bridgehead atoms. The summed E-state index contributed by atoms with van der Waals surface area (Å²) >= 11 is 11.9. The van der Waals surface area contributed by atoms with Crippen LogP contribution in [0.25, 0.3) is 0 Å². The maximum absolute atomic E-state index is 11.9. The first kappa shape index (κ1) is 14.6. The molecule has 0 aromatic heterocycles. The number of carbonyl (C=O) groups is 1. The van der Waals surface area contributed by atoms with Crippen LogP contribution in [0.4, 0.5) is 0 Å². The first-order valence-corrected chi connectivity index (χ1v) is 7.35. The monoisotopic (exact) mass is 300 g/mol. The second kappa shape index (κ2) is 7.13. The van der Waals surface area contributed by atoms with E-state index in [1.807, 2.05) is 6.07 Å². The van der Waals surface area contributed by atoms with Crippen LogP contribution in [0.2, 0.25) is 10.0 Å². The van der Waals surface area contributed by atoms with Crippen LogP contribution in [-0.2, 0) is 11.2 Å². The summed E-state index contributed by atoms with van der Waals surface area (Å²) in [6, 6.07) is 5.70. The number of halogens is 2. The second-order valence-corrected chi connectivity index (χ2v) is 5.67. The van der Waals surface area contributed by atoms with E-state index in [1.165, 1.54) is 0 Å². The Bertz CT molecular complexity index is 445. The standard InChI is InChI=1S/C14H18Cl2N2O/c15-11-3-1-10(13(16)9-11)2-4-14(19)18-12-5-7-17-8-6-12/h1,3,9,12,17H,2,4-8H2,(H,18,19). The third kappa shape index (κ3) is 4.68. The fourth-order valence-electron chi connectivity index (χ4n) is 2.24. The van der Waals surface area contributed by atoms with Crippen molar-refractivity contribution in [3.8, 4) is 0 Å². The molecule has 1 amide bonds. The van der Waals surface area contributed by atoms with E-state index in [0.29, 0.717) is 28.9 Å². The van der Waals surface area contributed by atoms with Gasteiger partial charge in [0.1, 0.15) is 0 Å². The molecule has 1 heterocycles. The fourth-order valence-corrected chi connectivity index (χ4v) is 2.74. The third-order valence-corrected chi connectivity index (χ3v) is 3.93. The lowest BCUT2D eigenvalue weighted by Crippen LogP contribution is -2.42. The Morgan fingerprint density at radius 1 is 1.32 bits per heavy atom. The summed E-state index contributed by atoms with van der Waals surface area (Å²) in [5.74, 6) is 0.0953. The van der Waals surface area contributed by atoms with E-state index in [1.54, 1.807) is 12.1 Å². The van der Waals surface area contributed by atoms with E-state index in [-0.39, 0.29) is 5.91 Å². The number of benzene rings is 1. The summed E-state index contributed by atoms with van der Waals surface area (Å²) in [6.07, 6.45) is 3.12. The van der Waals surface area contributed by atoms with Gasteiger partial charge in [-0.3, -0.25) is 4.79 Å². The van der Waals surface area contributed by atoms with Gasteiger partial charge < -0.3 is 10.6 Å². The van der Waals surface area contributed by atoms with E-state index >= 15 is 0 Å². The van der Waals surface area contributed by atoms with E-state index in [2.05, 4.69) is 10.6 Å². The van der Waals surface area contributed by atoms with Crippen LogP contribution in [0.5, 0.6) is 0 Å². The van der Waals surface area contributed by atoms with Crippen molar-refractivity contribution in [1.29, 1.82) is 0 Å². The molecular formula is C14H18Cl2N2O. The Morgan fingerprint density at radius 2 is 2.05 bits per heavy atom. The van der Waals surface area contributed by atoms with Crippen molar-refractivity contribution in [2.45, 2.75) is 31.7 Å². The van der Waals surface area contributed by atoms with Gasteiger partial charge in [-0.15, -0.1) is 0 Å². The van der Waals surface area contributed by atoms with Gasteiger partial charge in [0.25, 0.3) is 0 Å². The van der Waals surface area contributed by atoms with E-state index in [9.17, 15) is 4.79 Å². The van der Waals surface area contributed by atoms with Crippen molar-refractivity contribution >= 4 is 29.1 Å². The van der Waals surface area contributed by atoms with Crippen LogP contribution in [0.3, 0.4) is 0 Å². The van der Waals surface area contributed by atoms with Gasteiger partial charge >= 0.3 is 0 Å². The van der Waals surface area contributed by atoms with Gasteiger partial charge in [0.15, 0.2) is 0 Å². The van der Waals surface area contributed by atoms with Gasteiger partial charge in [-0.05, 0) is 50.0 Å². The first-order chi connectivity index (χ1) is 9.15. The molecule has 104 valence electrons. The molecule has 1 aromatic rings. The Labute approximate surface area is 123 Å². The number of hydrogen-bond acceptors (Lipinski definition) is 2. The smallest absolute Gasteiger partial charge is 0.220 e. The fraction of sp³-hybridized carbons (Fsp3) is 0.500. The van der Waals surface area contributed by atoms with E-state index < -0.39 is 0 Å². The van der Waals surface area contributed by atoms with Gasteiger partial charge in [-0.1, -0.05) is 29.3 Å². The number of carbonyl (C=O) groups excluding carboxylic acids is 1. The second-order valence-electron chi connectivity index (χ2n) is 4.83. The van der Waals surface area contributed by atoms with Gasteiger partial charge in [0.2, 0.25) is 5.91 Å². The number of nitrogens with one attached hydrogen (secondary N) is 2. The lowest BCUT2D eigenvalue weighted by molar-refractivity contribution is -0.121. The van der Waals surface area contributed by atoms with Crippen LogP contribution in [0.15, 0.2) is 18.2 Å². The molecule has 0 unspecified atom stereocenters. The van der Waals surface area contributed by atoms with Gasteiger partial charge in [0, 0.05) is 22.5 Å². The normalized spacial score (nSPS) is 16.3. The minimum absolute atomic E-state index is 0.0953. The first-order valence-electron chi connectivity index (χ1n) is 6.59. The quantitative estimate of drug-likeness (QED) is 0.898. The molecule has 0 spiro atoms. The molecule has 0 saturated carbocycles. The summed E-state index contributed by atoms with van der Waals surface area (Å²) < 4.78 is 0. The highest BCUT2D eigenvalue weighted by Crippen LogP contribution is 2.22. The average molecular weight is 301 g/mol. The number of piperidine rings is 1. The van der Waals surface area contributed by atoms with Gasteiger partial charge in [-0.25, -0.2) is 0 Å². The summed E-state index contributed by atoms with van der Waals surface area (Å²) in [5.41, 5.74) is 0.964. The highest BCUT2D eigenvalue weighted by atomic mass is 35.5. The molecule has 2 rings (SSSR count). The molecular weight excluding hydrogens is 283 g/mol. The molecule has 19 heavy (non-hydrogen) atoms. The van der Waals surface area contributed by atoms with E-state index in [4.69, 9.17) is 23.2 Å². The van der Waals surface area contributed by atoms with Crippen LogP contribution < -0.4 is 10.6 Å². The number of aryl methyl sites for hydroxylation is 1. The van der Waals surface area contributed by atoms with Crippen molar-refractivity contribution in [2.75, 3.05) is 13.1 Å². The van der Waals surface area contributed by atoms with Crippen LogP contribution in [0.1, 0.15) is 24.8 Å². The van der Waals surface area contributed by atoms with Crippen molar-refractivity contribution < 1.29 is 4.79 Å². The molecule has 2 N–H and O–H groups in total. The predicted octanol–water partition coefficient (Wildman–Crippen LogP) is 2.79. The van der Waals surface area contributed by atoms with Crippen LogP contribution in [-0.4, -0.2) is 25.0 Å². The number of hydrogen-bond donors (Lipinski definition) is 2. The summed E-state index contributed by atoms with van der Waals surface area (Å²) in [6.45, 7) is 1.96. The highest BCUT2D eigenvalue weighted by molar-refractivity contribution is 6.35. The zero-order valence-electron chi connectivity index (χ0n) is 10.7. The minimum atomic E-state index is 0.0953. The molecule has 1 aromatic carbocycles. The number of rotatable bonds is 4. The Morgan fingerprint density at radius 3 is 2.74 bits per heavy atom. The van der Waals surface area contributed by atoms with Crippen molar-refractivity contribution in [3.63, 3.8) is 0 Å². The van der Waals surface area contributed by atoms with Crippen LogP contribution in [0, 0.1) is 0 Å². The van der Waals surface area contributed by atoms with Crippen molar-refractivity contribution in [1.82, 2.24) is 10.6 Å². The number of amides is 1. The SMILES string of the molecule is O=C(CCc1ccc(Cl)cc1Cl)NC1CCNCC1. The zero-order valence-corrected chi connectivity index (χ0v) is 12.2. The average Bonchev–Trinajstić information content (AvgIpc) is 2.39. The molecule has 5 heteroatoms. The van der Waals surface area contributed by atoms with E-state index in [0.717, 1.165) is 31.5 Å². The van der Waals surface area contributed by atoms with Crippen LogP contribution >= 0.6 is 23.2 Å². The Hall–Kier alpha value is -0.770. The molecule has 0 aliphatic carbocycles. The molecule has 1 aliphatic heterocycles. The topological polar surface area (TPSA) is 41.1 Å². The third-order valence-electron chi connectivity index (χ3n) is 3.34. The molecule has 1 fully saturated rings. The van der Waals surface area contributed by atoms with Crippen molar-refractivity contribution in [2.24, 2.45) is 0 Å².